The second-order valence-electron chi connectivity index (χ2n) is 9.08. The molecule has 2 aromatic carbocycles. The number of benzene rings is 2. The van der Waals surface area contributed by atoms with Crippen molar-refractivity contribution in [1.29, 1.82) is 0 Å². The highest BCUT2D eigenvalue weighted by Crippen LogP contribution is 2.27. The smallest absolute Gasteiger partial charge is 0.340 e. The van der Waals surface area contributed by atoms with Crippen LogP contribution in [0.4, 0.5) is 23.1 Å². The largest absolute Gasteiger partial charge is 0.462 e. The van der Waals surface area contributed by atoms with Crippen LogP contribution < -0.4 is 10.6 Å². The molecule has 1 fully saturated rings. The zero-order chi connectivity index (χ0) is 25.3. The van der Waals surface area contributed by atoms with E-state index in [0.29, 0.717) is 34.1 Å². The molecule has 9 heteroatoms. The van der Waals surface area contributed by atoms with E-state index >= 15 is 0 Å². The molecular formula is C27H32BrN5O3. The summed E-state index contributed by atoms with van der Waals surface area (Å²) in [7, 11) is 0. The quantitative estimate of drug-likeness (QED) is 0.322. The highest BCUT2D eigenvalue weighted by atomic mass is 79.9. The molecule has 1 aliphatic rings. The van der Waals surface area contributed by atoms with Crippen molar-refractivity contribution in [2.45, 2.75) is 20.3 Å². The van der Waals surface area contributed by atoms with E-state index in [1.165, 1.54) is 5.56 Å². The summed E-state index contributed by atoms with van der Waals surface area (Å²) >= 11 is 3.51. The molecule has 2 N–H and O–H groups in total. The molecule has 1 aliphatic heterocycles. The van der Waals surface area contributed by atoms with Crippen LogP contribution in [-0.2, 0) is 15.9 Å². The molecule has 3 aromatic rings. The van der Waals surface area contributed by atoms with Gasteiger partial charge in [-0.05, 0) is 58.1 Å². The van der Waals surface area contributed by atoms with Gasteiger partial charge in [0.2, 0.25) is 5.95 Å². The first-order chi connectivity index (χ1) is 17.5. The maximum atomic E-state index is 12.6. The van der Waals surface area contributed by atoms with Gasteiger partial charge < -0.3 is 20.1 Å². The SMILES string of the molecule is CC(C)COC(=O)c1ccccc1Nc1nc(Nc2cccc(CCN3CCOCC3)c2)ncc1Br. The van der Waals surface area contributed by atoms with Crippen molar-refractivity contribution < 1.29 is 14.3 Å². The lowest BCUT2D eigenvalue weighted by molar-refractivity contribution is 0.0384. The van der Waals surface area contributed by atoms with Gasteiger partial charge in [-0.1, -0.05) is 38.1 Å². The number of halogens is 1. The number of aromatic nitrogens is 2. The van der Waals surface area contributed by atoms with Crippen LogP contribution in [0.2, 0.25) is 0 Å². The molecule has 0 radical (unpaired) electrons. The van der Waals surface area contributed by atoms with E-state index in [0.717, 1.165) is 45.0 Å². The molecule has 190 valence electrons. The van der Waals surface area contributed by atoms with Crippen molar-refractivity contribution >= 4 is 45.0 Å². The molecule has 0 saturated carbocycles. The summed E-state index contributed by atoms with van der Waals surface area (Å²) in [6, 6.07) is 15.5. The highest BCUT2D eigenvalue weighted by Gasteiger charge is 2.15. The summed E-state index contributed by atoms with van der Waals surface area (Å²) in [6.07, 6.45) is 2.65. The molecule has 1 aromatic heterocycles. The Bertz CT molecular complexity index is 1170. The number of hydrogen-bond donors (Lipinski definition) is 2. The lowest BCUT2D eigenvalue weighted by Crippen LogP contribution is -2.37. The molecule has 0 amide bonds. The zero-order valence-electron chi connectivity index (χ0n) is 20.7. The van der Waals surface area contributed by atoms with Crippen LogP contribution >= 0.6 is 15.9 Å². The number of anilines is 4. The Morgan fingerprint density at radius 1 is 1.14 bits per heavy atom. The minimum Gasteiger partial charge on any atom is -0.462 e. The first-order valence-corrected chi connectivity index (χ1v) is 13.0. The molecule has 0 bridgehead atoms. The maximum Gasteiger partial charge on any atom is 0.340 e. The fraction of sp³-hybridized carbons (Fsp3) is 0.370. The van der Waals surface area contributed by atoms with Gasteiger partial charge in [0.05, 0.1) is 35.5 Å². The first-order valence-electron chi connectivity index (χ1n) is 12.2. The van der Waals surface area contributed by atoms with Crippen LogP contribution in [0.3, 0.4) is 0 Å². The summed E-state index contributed by atoms with van der Waals surface area (Å²) in [4.78, 5) is 24.1. The minimum atomic E-state index is -0.371. The standard InChI is InChI=1S/C27H32BrN5O3/c1-19(2)18-36-26(34)22-8-3-4-9-24(22)31-25-23(28)17-29-27(32-25)30-21-7-5-6-20(16-21)10-11-33-12-14-35-15-13-33/h3-9,16-17,19H,10-15,18H2,1-2H3,(H2,29,30,31,32). The number of nitrogens with one attached hydrogen (secondary N) is 2. The Morgan fingerprint density at radius 3 is 2.75 bits per heavy atom. The van der Waals surface area contributed by atoms with E-state index in [4.69, 9.17) is 9.47 Å². The Hall–Kier alpha value is -3.01. The van der Waals surface area contributed by atoms with Crippen molar-refractivity contribution in [3.63, 3.8) is 0 Å². The van der Waals surface area contributed by atoms with Gasteiger partial charge >= 0.3 is 5.97 Å². The fourth-order valence-electron chi connectivity index (χ4n) is 3.78. The maximum absolute atomic E-state index is 12.6. The van der Waals surface area contributed by atoms with Gasteiger partial charge in [-0.3, -0.25) is 4.90 Å². The molecular weight excluding hydrogens is 522 g/mol. The molecule has 2 heterocycles. The van der Waals surface area contributed by atoms with Crippen molar-refractivity contribution in [2.75, 3.05) is 50.1 Å². The summed E-state index contributed by atoms with van der Waals surface area (Å²) in [6.45, 7) is 8.97. The number of ether oxygens (including phenoxy) is 2. The van der Waals surface area contributed by atoms with Gasteiger partial charge in [0.1, 0.15) is 5.82 Å². The number of hydrogen-bond acceptors (Lipinski definition) is 8. The lowest BCUT2D eigenvalue weighted by atomic mass is 10.1. The van der Waals surface area contributed by atoms with E-state index in [2.05, 4.69) is 53.6 Å². The third-order valence-electron chi connectivity index (χ3n) is 5.70. The molecule has 0 aliphatic carbocycles. The van der Waals surface area contributed by atoms with Crippen LogP contribution in [0, 0.1) is 5.92 Å². The van der Waals surface area contributed by atoms with E-state index in [1.807, 2.05) is 44.2 Å². The van der Waals surface area contributed by atoms with Crippen LogP contribution in [0.1, 0.15) is 29.8 Å². The van der Waals surface area contributed by atoms with Gasteiger partial charge in [0.25, 0.3) is 0 Å². The number of para-hydroxylation sites is 1. The Morgan fingerprint density at radius 2 is 1.94 bits per heavy atom. The number of esters is 1. The molecule has 8 nitrogen and oxygen atoms in total. The topological polar surface area (TPSA) is 88.6 Å². The van der Waals surface area contributed by atoms with Gasteiger partial charge in [0.15, 0.2) is 0 Å². The number of carbonyl (C=O) groups excluding carboxylic acids is 1. The average molecular weight is 554 g/mol. The van der Waals surface area contributed by atoms with Gasteiger partial charge in [0, 0.05) is 31.5 Å². The summed E-state index contributed by atoms with van der Waals surface area (Å²) < 4.78 is 11.5. The van der Waals surface area contributed by atoms with Gasteiger partial charge in [-0.25, -0.2) is 9.78 Å². The molecule has 4 rings (SSSR count). The van der Waals surface area contributed by atoms with Crippen LogP contribution in [0.5, 0.6) is 0 Å². The monoisotopic (exact) mass is 553 g/mol. The van der Waals surface area contributed by atoms with E-state index in [9.17, 15) is 4.79 Å². The van der Waals surface area contributed by atoms with Crippen molar-refractivity contribution in [3.8, 4) is 0 Å². The molecule has 0 unspecified atom stereocenters. The second-order valence-corrected chi connectivity index (χ2v) is 9.94. The van der Waals surface area contributed by atoms with Crippen molar-refractivity contribution in [3.05, 3.63) is 70.3 Å². The van der Waals surface area contributed by atoms with Crippen molar-refractivity contribution in [1.82, 2.24) is 14.9 Å². The number of nitrogens with zero attached hydrogens (tertiary/aromatic N) is 3. The van der Waals surface area contributed by atoms with Crippen LogP contribution in [-0.4, -0.2) is 60.3 Å². The summed E-state index contributed by atoms with van der Waals surface area (Å²) in [5.74, 6) is 0.881. The Balaban J connectivity index is 1.44. The van der Waals surface area contributed by atoms with E-state index in [-0.39, 0.29) is 11.9 Å². The van der Waals surface area contributed by atoms with E-state index < -0.39 is 0 Å². The van der Waals surface area contributed by atoms with Gasteiger partial charge in [-0.2, -0.15) is 4.98 Å². The molecule has 0 spiro atoms. The number of morpholine rings is 1. The van der Waals surface area contributed by atoms with Crippen LogP contribution in [0.25, 0.3) is 0 Å². The Labute approximate surface area is 220 Å². The second kappa shape index (κ2) is 12.8. The fourth-order valence-corrected chi connectivity index (χ4v) is 4.07. The normalized spacial score (nSPS) is 14.0. The predicted molar refractivity (Wildman–Crippen MR) is 145 cm³/mol. The molecule has 1 saturated heterocycles. The Kier molecular flexibility index (Phi) is 9.27. The number of carbonyl (C=O) groups is 1. The lowest BCUT2D eigenvalue weighted by Gasteiger charge is -2.26. The summed E-state index contributed by atoms with van der Waals surface area (Å²) in [5, 5.41) is 6.55. The molecule has 0 atom stereocenters. The highest BCUT2D eigenvalue weighted by molar-refractivity contribution is 9.10. The average Bonchev–Trinajstić information content (AvgIpc) is 2.89. The van der Waals surface area contributed by atoms with Crippen molar-refractivity contribution in [2.24, 2.45) is 5.92 Å². The number of rotatable bonds is 10. The minimum absolute atomic E-state index is 0.261. The third-order valence-corrected chi connectivity index (χ3v) is 6.28. The zero-order valence-corrected chi connectivity index (χ0v) is 22.3. The third kappa shape index (κ3) is 7.49. The first kappa shape index (κ1) is 26.1. The van der Waals surface area contributed by atoms with E-state index in [1.54, 1.807) is 12.3 Å². The predicted octanol–water partition coefficient (Wildman–Crippen LogP) is 5.41. The molecule has 36 heavy (non-hydrogen) atoms. The van der Waals surface area contributed by atoms with Gasteiger partial charge in [-0.15, -0.1) is 0 Å². The summed E-state index contributed by atoms with van der Waals surface area (Å²) in [5.41, 5.74) is 3.23. The van der Waals surface area contributed by atoms with Crippen LogP contribution in [0.15, 0.2) is 59.2 Å².